The minimum Gasteiger partial charge on any atom is -0.326 e. The highest BCUT2D eigenvalue weighted by atomic mass is 32.2. The van der Waals surface area contributed by atoms with Gasteiger partial charge in [-0.2, -0.15) is 11.8 Å². The average Bonchev–Trinajstić information content (AvgIpc) is 2.95. The van der Waals surface area contributed by atoms with Gasteiger partial charge in [0.2, 0.25) is 0 Å². The molecule has 2 nitrogen and oxygen atoms in total. The lowest BCUT2D eigenvalue weighted by Gasteiger charge is -2.29. The van der Waals surface area contributed by atoms with E-state index in [2.05, 4.69) is 23.6 Å². The van der Waals surface area contributed by atoms with Crippen LogP contribution in [0.2, 0.25) is 0 Å². The summed E-state index contributed by atoms with van der Waals surface area (Å²) in [5, 5.41) is 0. The Kier molecular flexibility index (Phi) is 3.74. The number of thioether (sulfide) groups is 1. The van der Waals surface area contributed by atoms with Crippen molar-refractivity contribution < 1.29 is 0 Å². The minimum atomic E-state index is 0.445. The Hall–Kier alpha value is 0.270. The highest BCUT2D eigenvalue weighted by Crippen LogP contribution is 2.32. The van der Waals surface area contributed by atoms with E-state index < -0.39 is 0 Å². The van der Waals surface area contributed by atoms with Gasteiger partial charge in [-0.05, 0) is 37.9 Å². The van der Waals surface area contributed by atoms with Crippen molar-refractivity contribution in [3.05, 3.63) is 0 Å². The molecule has 1 aliphatic heterocycles. The van der Waals surface area contributed by atoms with Gasteiger partial charge in [-0.1, -0.05) is 0 Å². The van der Waals surface area contributed by atoms with Crippen molar-refractivity contribution in [2.45, 2.75) is 38.3 Å². The summed E-state index contributed by atoms with van der Waals surface area (Å²) in [5.41, 5.74) is 6.17. The van der Waals surface area contributed by atoms with Crippen LogP contribution in [-0.2, 0) is 0 Å². The van der Waals surface area contributed by atoms with Gasteiger partial charge in [0.05, 0.1) is 0 Å². The van der Waals surface area contributed by atoms with Gasteiger partial charge in [0.1, 0.15) is 0 Å². The largest absolute Gasteiger partial charge is 0.326 e. The zero-order valence-electron chi connectivity index (χ0n) is 9.11. The van der Waals surface area contributed by atoms with E-state index in [-0.39, 0.29) is 0 Å². The van der Waals surface area contributed by atoms with Crippen LogP contribution in [0.25, 0.3) is 0 Å². The molecule has 82 valence electrons. The third-order valence-electron chi connectivity index (χ3n) is 3.50. The lowest BCUT2D eigenvalue weighted by Crippen LogP contribution is -2.43. The van der Waals surface area contributed by atoms with Gasteiger partial charge < -0.3 is 5.73 Å². The first-order chi connectivity index (χ1) is 6.77. The zero-order chi connectivity index (χ0) is 9.97. The standard InChI is InChI=1S/C11H22N2S/c1-9-4-6-14-7-5-13(9)8-11(12)10-2-3-10/h9-11H,2-8,12H2,1H3. The van der Waals surface area contributed by atoms with Crippen LogP contribution in [-0.4, -0.2) is 41.6 Å². The summed E-state index contributed by atoms with van der Waals surface area (Å²) in [4.78, 5) is 2.60. The van der Waals surface area contributed by atoms with Gasteiger partial charge in [0.15, 0.2) is 0 Å². The van der Waals surface area contributed by atoms with Gasteiger partial charge in [0, 0.05) is 30.9 Å². The molecule has 0 amide bonds. The second-order valence-electron chi connectivity index (χ2n) is 4.75. The van der Waals surface area contributed by atoms with Crippen LogP contribution in [0.3, 0.4) is 0 Å². The van der Waals surface area contributed by atoms with Gasteiger partial charge >= 0.3 is 0 Å². The molecule has 0 aromatic rings. The van der Waals surface area contributed by atoms with Crippen LogP contribution >= 0.6 is 11.8 Å². The predicted molar refractivity (Wildman–Crippen MR) is 63.7 cm³/mol. The number of nitrogens with zero attached hydrogens (tertiary/aromatic N) is 1. The molecule has 0 spiro atoms. The first kappa shape index (κ1) is 10.8. The van der Waals surface area contributed by atoms with E-state index in [0.717, 1.165) is 18.5 Å². The van der Waals surface area contributed by atoms with Crippen molar-refractivity contribution in [2.24, 2.45) is 11.7 Å². The second-order valence-corrected chi connectivity index (χ2v) is 5.97. The Morgan fingerprint density at radius 1 is 1.36 bits per heavy atom. The Bertz CT molecular complexity index is 182. The maximum absolute atomic E-state index is 6.17. The Balaban J connectivity index is 1.80. The molecule has 1 aliphatic carbocycles. The molecule has 0 bridgehead atoms. The maximum Gasteiger partial charge on any atom is 0.0196 e. The average molecular weight is 214 g/mol. The third-order valence-corrected chi connectivity index (χ3v) is 4.49. The summed E-state index contributed by atoms with van der Waals surface area (Å²) < 4.78 is 0. The van der Waals surface area contributed by atoms with Crippen LogP contribution in [0.4, 0.5) is 0 Å². The molecule has 2 unspecified atom stereocenters. The molecular formula is C11H22N2S. The first-order valence-electron chi connectivity index (χ1n) is 5.85. The van der Waals surface area contributed by atoms with E-state index in [9.17, 15) is 0 Å². The molecule has 0 aromatic carbocycles. The van der Waals surface area contributed by atoms with Crippen LogP contribution in [0, 0.1) is 5.92 Å². The quantitative estimate of drug-likeness (QED) is 0.773. The molecule has 0 radical (unpaired) electrons. The van der Waals surface area contributed by atoms with E-state index in [1.54, 1.807) is 0 Å². The van der Waals surface area contributed by atoms with Gasteiger partial charge in [-0.15, -0.1) is 0 Å². The highest BCUT2D eigenvalue weighted by molar-refractivity contribution is 7.99. The smallest absolute Gasteiger partial charge is 0.0196 e. The first-order valence-corrected chi connectivity index (χ1v) is 7.00. The summed E-state index contributed by atoms with van der Waals surface area (Å²) in [7, 11) is 0. The maximum atomic E-state index is 6.17. The zero-order valence-corrected chi connectivity index (χ0v) is 9.93. The monoisotopic (exact) mass is 214 g/mol. The van der Waals surface area contributed by atoms with Gasteiger partial charge in [-0.3, -0.25) is 4.90 Å². The summed E-state index contributed by atoms with van der Waals surface area (Å²) in [6.45, 7) is 4.73. The van der Waals surface area contributed by atoms with Crippen molar-refractivity contribution in [1.82, 2.24) is 4.90 Å². The fourth-order valence-electron chi connectivity index (χ4n) is 2.16. The van der Waals surface area contributed by atoms with Gasteiger partial charge in [0.25, 0.3) is 0 Å². The van der Waals surface area contributed by atoms with Crippen LogP contribution in [0.15, 0.2) is 0 Å². The summed E-state index contributed by atoms with van der Waals surface area (Å²) in [6.07, 6.45) is 4.08. The summed E-state index contributed by atoms with van der Waals surface area (Å²) in [5.74, 6) is 3.47. The fourth-order valence-corrected chi connectivity index (χ4v) is 3.23. The molecular weight excluding hydrogens is 192 g/mol. The van der Waals surface area contributed by atoms with Crippen molar-refractivity contribution in [3.8, 4) is 0 Å². The molecule has 14 heavy (non-hydrogen) atoms. The van der Waals surface area contributed by atoms with Crippen molar-refractivity contribution in [1.29, 1.82) is 0 Å². The Morgan fingerprint density at radius 3 is 2.86 bits per heavy atom. The molecule has 1 heterocycles. The van der Waals surface area contributed by atoms with Crippen molar-refractivity contribution in [2.75, 3.05) is 24.6 Å². The molecule has 2 aliphatic rings. The molecule has 1 saturated heterocycles. The van der Waals surface area contributed by atoms with E-state index >= 15 is 0 Å². The topological polar surface area (TPSA) is 29.3 Å². The van der Waals surface area contributed by atoms with Crippen LogP contribution in [0.1, 0.15) is 26.2 Å². The normalized spacial score (nSPS) is 32.6. The SMILES string of the molecule is CC1CCSCCN1CC(N)C1CC1. The summed E-state index contributed by atoms with van der Waals surface area (Å²) in [6, 6.07) is 1.19. The lowest BCUT2D eigenvalue weighted by molar-refractivity contribution is 0.202. The molecule has 2 atom stereocenters. The van der Waals surface area contributed by atoms with Crippen LogP contribution in [0.5, 0.6) is 0 Å². The van der Waals surface area contributed by atoms with Crippen molar-refractivity contribution >= 4 is 11.8 Å². The Morgan fingerprint density at radius 2 is 2.14 bits per heavy atom. The molecule has 0 aromatic heterocycles. The van der Waals surface area contributed by atoms with Gasteiger partial charge in [-0.25, -0.2) is 0 Å². The minimum absolute atomic E-state index is 0.445. The number of nitrogens with two attached hydrogens (primary N) is 1. The third kappa shape index (κ3) is 2.88. The van der Waals surface area contributed by atoms with E-state index in [1.165, 1.54) is 37.3 Å². The van der Waals surface area contributed by atoms with Crippen LogP contribution < -0.4 is 5.73 Å². The van der Waals surface area contributed by atoms with E-state index in [4.69, 9.17) is 5.73 Å². The van der Waals surface area contributed by atoms with Crippen molar-refractivity contribution in [3.63, 3.8) is 0 Å². The Labute approximate surface area is 91.6 Å². The number of hydrogen-bond acceptors (Lipinski definition) is 3. The number of hydrogen-bond donors (Lipinski definition) is 1. The molecule has 1 saturated carbocycles. The molecule has 2 N–H and O–H groups in total. The predicted octanol–water partition coefficient (Wildman–Crippen LogP) is 1.55. The highest BCUT2D eigenvalue weighted by Gasteiger charge is 2.30. The molecule has 2 fully saturated rings. The summed E-state index contributed by atoms with van der Waals surface area (Å²) >= 11 is 2.09. The van der Waals surface area contributed by atoms with E-state index in [0.29, 0.717) is 6.04 Å². The lowest BCUT2D eigenvalue weighted by atomic mass is 10.1. The number of rotatable bonds is 3. The molecule has 2 rings (SSSR count). The second kappa shape index (κ2) is 4.86. The fraction of sp³-hybridized carbons (Fsp3) is 1.00. The molecule has 3 heteroatoms. The van der Waals surface area contributed by atoms with E-state index in [1.807, 2.05) is 0 Å².